The van der Waals surface area contributed by atoms with Gasteiger partial charge in [0.25, 0.3) is 0 Å². The van der Waals surface area contributed by atoms with Crippen molar-refractivity contribution in [1.82, 2.24) is 20.5 Å². The Hall–Kier alpha value is -1.17. The van der Waals surface area contributed by atoms with Gasteiger partial charge in [-0.2, -0.15) is 0 Å². The molecule has 2 N–H and O–H groups in total. The summed E-state index contributed by atoms with van der Waals surface area (Å²) in [5.41, 5.74) is 1.12. The van der Waals surface area contributed by atoms with E-state index in [-0.39, 0.29) is 30.0 Å². The maximum atomic E-state index is 5.92. The van der Waals surface area contributed by atoms with Crippen LogP contribution in [0.15, 0.2) is 26.9 Å². The van der Waals surface area contributed by atoms with Gasteiger partial charge in [-0.15, -0.1) is 35.3 Å². The van der Waals surface area contributed by atoms with Gasteiger partial charge >= 0.3 is 0 Å². The van der Waals surface area contributed by atoms with Crippen LogP contribution >= 0.6 is 35.3 Å². The van der Waals surface area contributed by atoms with Gasteiger partial charge in [0.2, 0.25) is 0 Å². The Kier molecular flexibility index (Phi) is 9.69. The van der Waals surface area contributed by atoms with Crippen LogP contribution in [0.4, 0.5) is 0 Å². The van der Waals surface area contributed by atoms with Crippen molar-refractivity contribution in [2.45, 2.75) is 26.3 Å². The molecule has 0 aliphatic carbocycles. The summed E-state index contributed by atoms with van der Waals surface area (Å²) in [6, 6.07) is 4.24. The molecule has 156 valence electrons. The van der Waals surface area contributed by atoms with Crippen molar-refractivity contribution >= 4 is 41.3 Å². The number of thiazole rings is 1. The SMILES string of the molecule is CN=C(NCCc1csc(C)n1)NCC(c1ccc(C)o1)N1CCOCC1.I. The first-order valence-electron chi connectivity index (χ1n) is 9.39. The van der Waals surface area contributed by atoms with Gasteiger partial charge in [0.15, 0.2) is 5.96 Å². The molecule has 0 bridgehead atoms. The molecule has 9 heteroatoms. The largest absolute Gasteiger partial charge is 0.465 e. The van der Waals surface area contributed by atoms with Gasteiger partial charge in [-0.1, -0.05) is 0 Å². The Morgan fingerprint density at radius 3 is 2.68 bits per heavy atom. The molecule has 0 aromatic carbocycles. The molecule has 1 aliphatic heterocycles. The molecule has 1 fully saturated rings. The number of aryl methyl sites for hydroxylation is 2. The number of ether oxygens (including phenoxy) is 1. The molecule has 0 radical (unpaired) electrons. The topological polar surface area (TPSA) is 74.9 Å². The second-order valence-corrected chi connectivity index (χ2v) is 7.66. The first-order chi connectivity index (χ1) is 13.2. The zero-order valence-electron chi connectivity index (χ0n) is 16.7. The lowest BCUT2D eigenvalue weighted by Crippen LogP contribution is -2.46. The Labute approximate surface area is 188 Å². The number of morpholine rings is 1. The summed E-state index contributed by atoms with van der Waals surface area (Å²) in [7, 11) is 1.79. The maximum Gasteiger partial charge on any atom is 0.191 e. The zero-order chi connectivity index (χ0) is 19.1. The lowest BCUT2D eigenvalue weighted by molar-refractivity contribution is 0.0124. The second-order valence-electron chi connectivity index (χ2n) is 6.60. The molecule has 0 saturated carbocycles. The van der Waals surface area contributed by atoms with Crippen LogP contribution in [0.5, 0.6) is 0 Å². The maximum absolute atomic E-state index is 5.92. The number of nitrogens with one attached hydrogen (secondary N) is 2. The van der Waals surface area contributed by atoms with Gasteiger partial charge in [-0.05, 0) is 26.0 Å². The van der Waals surface area contributed by atoms with Crippen LogP contribution in [0.25, 0.3) is 0 Å². The number of guanidine groups is 1. The summed E-state index contributed by atoms with van der Waals surface area (Å²) >= 11 is 1.69. The summed E-state index contributed by atoms with van der Waals surface area (Å²) in [6.45, 7) is 8.86. The van der Waals surface area contributed by atoms with Crippen molar-refractivity contribution in [3.8, 4) is 0 Å². The van der Waals surface area contributed by atoms with E-state index in [9.17, 15) is 0 Å². The minimum Gasteiger partial charge on any atom is -0.465 e. The summed E-state index contributed by atoms with van der Waals surface area (Å²) in [6.07, 6.45) is 0.884. The number of hydrogen-bond acceptors (Lipinski definition) is 6. The second kappa shape index (κ2) is 11.7. The Balaban J connectivity index is 0.00000280. The van der Waals surface area contributed by atoms with Crippen molar-refractivity contribution in [3.05, 3.63) is 39.7 Å². The molecule has 0 spiro atoms. The predicted molar refractivity (Wildman–Crippen MR) is 124 cm³/mol. The van der Waals surface area contributed by atoms with Crippen LogP contribution in [-0.4, -0.2) is 62.3 Å². The molecular weight excluding hydrogens is 489 g/mol. The van der Waals surface area contributed by atoms with Crippen LogP contribution < -0.4 is 10.6 Å². The van der Waals surface area contributed by atoms with Crippen LogP contribution in [0.3, 0.4) is 0 Å². The monoisotopic (exact) mass is 519 g/mol. The van der Waals surface area contributed by atoms with Gasteiger partial charge in [0.05, 0.1) is 30.0 Å². The number of hydrogen-bond donors (Lipinski definition) is 2. The normalized spacial score (nSPS) is 16.5. The Morgan fingerprint density at radius 1 is 1.29 bits per heavy atom. The number of furan rings is 1. The van der Waals surface area contributed by atoms with E-state index in [1.54, 1.807) is 18.4 Å². The number of halogens is 1. The number of aromatic nitrogens is 1. The van der Waals surface area contributed by atoms with Crippen molar-refractivity contribution < 1.29 is 9.15 Å². The van der Waals surface area contributed by atoms with Crippen molar-refractivity contribution in [2.75, 3.05) is 46.4 Å². The first kappa shape index (κ1) is 23.1. The number of nitrogens with zero attached hydrogens (tertiary/aromatic N) is 3. The Morgan fingerprint density at radius 2 is 2.07 bits per heavy atom. The Bertz CT molecular complexity index is 742. The summed E-state index contributed by atoms with van der Waals surface area (Å²) < 4.78 is 11.4. The third kappa shape index (κ3) is 6.71. The molecule has 2 aromatic rings. The van der Waals surface area contributed by atoms with Gasteiger partial charge in [0.1, 0.15) is 11.5 Å². The minimum absolute atomic E-state index is 0. The van der Waals surface area contributed by atoms with Gasteiger partial charge in [-0.3, -0.25) is 9.89 Å². The van der Waals surface area contributed by atoms with Crippen molar-refractivity contribution in [1.29, 1.82) is 0 Å². The van der Waals surface area contributed by atoms with Gasteiger partial charge in [0, 0.05) is 45.0 Å². The molecule has 2 aromatic heterocycles. The first-order valence-corrected chi connectivity index (χ1v) is 10.3. The van der Waals surface area contributed by atoms with Crippen LogP contribution in [-0.2, 0) is 11.2 Å². The average Bonchev–Trinajstić information content (AvgIpc) is 3.29. The highest BCUT2D eigenvalue weighted by molar-refractivity contribution is 14.0. The molecule has 3 rings (SSSR count). The lowest BCUT2D eigenvalue weighted by atomic mass is 10.1. The molecule has 3 heterocycles. The average molecular weight is 519 g/mol. The summed E-state index contributed by atoms with van der Waals surface area (Å²) in [5.74, 6) is 2.71. The third-order valence-electron chi connectivity index (χ3n) is 4.60. The van der Waals surface area contributed by atoms with Crippen molar-refractivity contribution in [2.24, 2.45) is 4.99 Å². The summed E-state index contributed by atoms with van der Waals surface area (Å²) in [4.78, 5) is 11.2. The van der Waals surface area contributed by atoms with E-state index in [2.05, 4.69) is 37.0 Å². The third-order valence-corrected chi connectivity index (χ3v) is 5.42. The highest BCUT2D eigenvalue weighted by Crippen LogP contribution is 2.23. The molecule has 1 aliphatic rings. The molecule has 1 atom stereocenters. The molecule has 28 heavy (non-hydrogen) atoms. The van der Waals surface area contributed by atoms with Crippen LogP contribution in [0.1, 0.15) is 28.3 Å². The van der Waals surface area contributed by atoms with Gasteiger partial charge < -0.3 is 19.8 Å². The molecule has 1 saturated heterocycles. The number of rotatable bonds is 7. The molecule has 0 amide bonds. The van der Waals surface area contributed by atoms with Crippen molar-refractivity contribution in [3.63, 3.8) is 0 Å². The fourth-order valence-electron chi connectivity index (χ4n) is 3.18. The fraction of sp³-hybridized carbons (Fsp3) is 0.579. The highest BCUT2D eigenvalue weighted by atomic mass is 127. The highest BCUT2D eigenvalue weighted by Gasteiger charge is 2.25. The number of aliphatic imine (C=N–C) groups is 1. The van der Waals surface area contributed by atoms with E-state index in [1.807, 2.05) is 19.9 Å². The molecule has 7 nitrogen and oxygen atoms in total. The van der Waals surface area contributed by atoms with Crippen LogP contribution in [0.2, 0.25) is 0 Å². The van der Waals surface area contributed by atoms with Gasteiger partial charge in [-0.25, -0.2) is 4.98 Å². The minimum atomic E-state index is 0. The van der Waals surface area contributed by atoms with E-state index in [1.165, 1.54) is 0 Å². The van der Waals surface area contributed by atoms with E-state index in [0.717, 1.165) is 74.0 Å². The standard InChI is InChI=1S/C19H29N5O2S.HI/c1-14-4-5-18(26-14)17(24-8-10-25-11-9-24)12-22-19(20-3)21-7-6-16-13-27-15(2)23-16;/h4-5,13,17H,6-12H2,1-3H3,(H2,20,21,22);1H. The molecular formula is C19H30IN5O2S. The smallest absolute Gasteiger partial charge is 0.191 e. The quantitative estimate of drug-likeness (QED) is 0.333. The fourth-order valence-corrected chi connectivity index (χ4v) is 3.82. The van der Waals surface area contributed by atoms with E-state index in [0.29, 0.717) is 0 Å². The lowest BCUT2D eigenvalue weighted by Gasteiger charge is -2.33. The van der Waals surface area contributed by atoms with E-state index >= 15 is 0 Å². The van der Waals surface area contributed by atoms with Crippen LogP contribution in [0, 0.1) is 13.8 Å². The zero-order valence-corrected chi connectivity index (χ0v) is 19.9. The molecule has 1 unspecified atom stereocenters. The van der Waals surface area contributed by atoms with E-state index < -0.39 is 0 Å². The summed E-state index contributed by atoms with van der Waals surface area (Å²) in [5, 5.41) is 10.0. The predicted octanol–water partition coefficient (Wildman–Crippen LogP) is 2.75. The van der Waals surface area contributed by atoms with E-state index in [4.69, 9.17) is 9.15 Å².